The molecule has 0 amide bonds. The predicted octanol–water partition coefficient (Wildman–Crippen LogP) is 2.47. The first-order valence-electron chi connectivity index (χ1n) is 7.87. The summed E-state index contributed by atoms with van der Waals surface area (Å²) >= 11 is 0. The minimum atomic E-state index is -3.78. The zero-order valence-electron chi connectivity index (χ0n) is 14.4. The average Bonchev–Trinajstić information content (AvgIpc) is 2.63. The second-order valence-electron chi connectivity index (χ2n) is 5.18. The largest absolute Gasteiger partial charge is 0.295 e. The summed E-state index contributed by atoms with van der Waals surface area (Å²) in [7, 11) is -3.78. The molecule has 1 heterocycles. The molecule has 0 aliphatic carbocycles. The van der Waals surface area contributed by atoms with E-state index in [1.54, 1.807) is 38.4 Å². The standard InChI is InChI=1S/C16H19N5O4S/c1-3-20(4-2)26(24,25)14-5-6-15(16(11-14)21(22)23)19-18-12-13-7-9-17-10-8-13/h5-12,19H,3-4H2,1-2H3. The van der Waals surface area contributed by atoms with E-state index in [2.05, 4.69) is 15.5 Å². The molecule has 26 heavy (non-hydrogen) atoms. The number of nitrogens with zero attached hydrogens (tertiary/aromatic N) is 4. The number of benzene rings is 1. The lowest BCUT2D eigenvalue weighted by Crippen LogP contribution is -2.30. The Morgan fingerprint density at radius 2 is 1.88 bits per heavy atom. The quantitative estimate of drug-likeness (QED) is 0.429. The molecule has 0 spiro atoms. The lowest BCUT2D eigenvalue weighted by molar-refractivity contribution is -0.384. The van der Waals surface area contributed by atoms with Crippen molar-refractivity contribution in [3.05, 3.63) is 58.4 Å². The van der Waals surface area contributed by atoms with Crippen LogP contribution in [-0.2, 0) is 10.0 Å². The van der Waals surface area contributed by atoms with Crippen LogP contribution in [0.5, 0.6) is 0 Å². The Labute approximate surface area is 151 Å². The molecule has 0 saturated heterocycles. The van der Waals surface area contributed by atoms with Gasteiger partial charge in [-0.1, -0.05) is 13.8 Å². The maximum atomic E-state index is 12.5. The highest BCUT2D eigenvalue weighted by Crippen LogP contribution is 2.29. The Kier molecular flexibility index (Phi) is 6.36. The van der Waals surface area contributed by atoms with E-state index in [1.165, 1.54) is 22.7 Å². The highest BCUT2D eigenvalue weighted by molar-refractivity contribution is 7.89. The summed E-state index contributed by atoms with van der Waals surface area (Å²) in [6.45, 7) is 3.98. The van der Waals surface area contributed by atoms with Gasteiger partial charge in [-0.2, -0.15) is 9.41 Å². The van der Waals surface area contributed by atoms with Gasteiger partial charge in [0, 0.05) is 31.5 Å². The van der Waals surface area contributed by atoms with Crippen LogP contribution in [0.2, 0.25) is 0 Å². The second-order valence-corrected chi connectivity index (χ2v) is 7.11. The van der Waals surface area contributed by atoms with Crippen LogP contribution in [0, 0.1) is 10.1 Å². The summed E-state index contributed by atoms with van der Waals surface area (Å²) in [6, 6.07) is 7.14. The van der Waals surface area contributed by atoms with Crippen LogP contribution in [0.1, 0.15) is 19.4 Å². The molecular weight excluding hydrogens is 358 g/mol. The van der Waals surface area contributed by atoms with E-state index in [0.29, 0.717) is 0 Å². The van der Waals surface area contributed by atoms with Crippen molar-refractivity contribution in [2.75, 3.05) is 18.5 Å². The smallest absolute Gasteiger partial charge is 0.272 e. The number of sulfonamides is 1. The van der Waals surface area contributed by atoms with Gasteiger partial charge in [-0.25, -0.2) is 8.42 Å². The van der Waals surface area contributed by atoms with E-state index < -0.39 is 14.9 Å². The Hall–Kier alpha value is -2.85. The van der Waals surface area contributed by atoms with Gasteiger partial charge in [0.2, 0.25) is 10.0 Å². The molecular formula is C16H19N5O4S. The van der Waals surface area contributed by atoms with E-state index >= 15 is 0 Å². The first-order chi connectivity index (χ1) is 12.4. The maximum absolute atomic E-state index is 12.5. The van der Waals surface area contributed by atoms with E-state index in [-0.39, 0.29) is 29.4 Å². The monoisotopic (exact) mass is 377 g/mol. The van der Waals surface area contributed by atoms with Crippen molar-refractivity contribution in [3.8, 4) is 0 Å². The fraction of sp³-hybridized carbons (Fsp3) is 0.250. The van der Waals surface area contributed by atoms with E-state index in [0.717, 1.165) is 11.6 Å². The second kappa shape index (κ2) is 8.50. The van der Waals surface area contributed by atoms with Crippen LogP contribution in [-0.4, -0.2) is 41.9 Å². The van der Waals surface area contributed by atoms with Gasteiger partial charge in [0.05, 0.1) is 16.0 Å². The third kappa shape index (κ3) is 4.41. The molecule has 2 rings (SSSR count). The summed E-state index contributed by atoms with van der Waals surface area (Å²) < 4.78 is 26.3. The Morgan fingerprint density at radius 1 is 1.23 bits per heavy atom. The van der Waals surface area contributed by atoms with Crippen molar-refractivity contribution >= 4 is 27.6 Å². The van der Waals surface area contributed by atoms with Crippen LogP contribution >= 0.6 is 0 Å². The number of hydrogen-bond acceptors (Lipinski definition) is 7. The normalized spacial score (nSPS) is 11.8. The summed E-state index contributed by atoms with van der Waals surface area (Å²) in [5, 5.41) is 15.3. The first kappa shape index (κ1) is 19.5. The topological polar surface area (TPSA) is 118 Å². The van der Waals surface area contributed by atoms with Crippen molar-refractivity contribution in [1.29, 1.82) is 0 Å². The lowest BCUT2D eigenvalue weighted by atomic mass is 10.3. The zero-order chi connectivity index (χ0) is 19.2. The number of pyridine rings is 1. The van der Waals surface area contributed by atoms with Crippen molar-refractivity contribution in [2.24, 2.45) is 5.10 Å². The van der Waals surface area contributed by atoms with Gasteiger partial charge in [-0.15, -0.1) is 0 Å². The minimum absolute atomic E-state index is 0.0961. The predicted molar refractivity (Wildman–Crippen MR) is 98.7 cm³/mol. The minimum Gasteiger partial charge on any atom is -0.272 e. The molecule has 0 radical (unpaired) electrons. The molecule has 9 nitrogen and oxygen atoms in total. The number of hydrogen-bond donors (Lipinski definition) is 1. The van der Waals surface area contributed by atoms with Gasteiger partial charge in [-0.3, -0.25) is 20.5 Å². The van der Waals surface area contributed by atoms with Crippen LogP contribution in [0.15, 0.2) is 52.7 Å². The molecule has 10 heteroatoms. The molecule has 0 atom stereocenters. The van der Waals surface area contributed by atoms with Gasteiger partial charge in [0.1, 0.15) is 5.69 Å². The molecule has 2 aromatic rings. The van der Waals surface area contributed by atoms with Crippen molar-refractivity contribution in [1.82, 2.24) is 9.29 Å². The molecule has 1 aromatic carbocycles. The van der Waals surface area contributed by atoms with Crippen molar-refractivity contribution in [2.45, 2.75) is 18.7 Å². The highest BCUT2D eigenvalue weighted by atomic mass is 32.2. The summed E-state index contributed by atoms with van der Waals surface area (Å²) in [6.07, 6.45) is 4.67. The number of nitro groups is 1. The highest BCUT2D eigenvalue weighted by Gasteiger charge is 2.25. The molecule has 0 bridgehead atoms. The van der Waals surface area contributed by atoms with Gasteiger partial charge in [0.25, 0.3) is 5.69 Å². The van der Waals surface area contributed by atoms with Crippen LogP contribution in [0.3, 0.4) is 0 Å². The molecule has 138 valence electrons. The number of anilines is 1. The van der Waals surface area contributed by atoms with Gasteiger partial charge >= 0.3 is 0 Å². The summed E-state index contributed by atoms with van der Waals surface area (Å²) in [4.78, 5) is 14.4. The molecule has 0 unspecified atom stereocenters. The van der Waals surface area contributed by atoms with Crippen LogP contribution < -0.4 is 5.43 Å². The Bertz CT molecular complexity index is 896. The third-order valence-electron chi connectivity index (χ3n) is 3.61. The fourth-order valence-electron chi connectivity index (χ4n) is 2.26. The van der Waals surface area contributed by atoms with E-state index in [1.807, 2.05) is 0 Å². The molecule has 1 aromatic heterocycles. The number of rotatable bonds is 8. The molecule has 1 N–H and O–H groups in total. The Balaban J connectivity index is 2.32. The number of nitro benzene ring substituents is 1. The number of nitrogens with one attached hydrogen (secondary N) is 1. The van der Waals surface area contributed by atoms with E-state index in [9.17, 15) is 18.5 Å². The molecule has 0 aliphatic rings. The molecule has 0 aliphatic heterocycles. The average molecular weight is 377 g/mol. The maximum Gasteiger partial charge on any atom is 0.295 e. The molecule has 0 fully saturated rings. The van der Waals surface area contributed by atoms with Gasteiger partial charge in [0.15, 0.2) is 0 Å². The van der Waals surface area contributed by atoms with Crippen LogP contribution in [0.25, 0.3) is 0 Å². The van der Waals surface area contributed by atoms with Crippen LogP contribution in [0.4, 0.5) is 11.4 Å². The fourth-order valence-corrected chi connectivity index (χ4v) is 3.73. The number of hydrazone groups is 1. The lowest BCUT2D eigenvalue weighted by Gasteiger charge is -2.18. The summed E-state index contributed by atoms with van der Waals surface area (Å²) in [5.74, 6) is 0. The van der Waals surface area contributed by atoms with Gasteiger partial charge in [-0.05, 0) is 29.8 Å². The SMILES string of the molecule is CCN(CC)S(=O)(=O)c1ccc(NN=Cc2ccncc2)c([N+](=O)[O-])c1. The first-order valence-corrected chi connectivity index (χ1v) is 9.31. The zero-order valence-corrected chi connectivity index (χ0v) is 15.2. The molecule has 0 saturated carbocycles. The van der Waals surface area contributed by atoms with Crippen molar-refractivity contribution in [3.63, 3.8) is 0 Å². The van der Waals surface area contributed by atoms with E-state index in [4.69, 9.17) is 0 Å². The van der Waals surface area contributed by atoms with Gasteiger partial charge < -0.3 is 0 Å². The Morgan fingerprint density at radius 3 is 2.46 bits per heavy atom. The van der Waals surface area contributed by atoms with Crippen molar-refractivity contribution < 1.29 is 13.3 Å². The number of aromatic nitrogens is 1. The third-order valence-corrected chi connectivity index (χ3v) is 5.66. The summed E-state index contributed by atoms with van der Waals surface area (Å²) in [5.41, 5.74) is 3.06.